The summed E-state index contributed by atoms with van der Waals surface area (Å²) in [7, 11) is 1.60. The molecule has 166 valence electrons. The van der Waals surface area contributed by atoms with Gasteiger partial charge in [-0.1, -0.05) is 29.8 Å². The zero-order chi connectivity index (χ0) is 22.5. The molecule has 0 bridgehead atoms. The van der Waals surface area contributed by atoms with E-state index in [-0.39, 0.29) is 17.4 Å². The van der Waals surface area contributed by atoms with Gasteiger partial charge in [0, 0.05) is 36.6 Å². The predicted molar refractivity (Wildman–Crippen MR) is 125 cm³/mol. The summed E-state index contributed by atoms with van der Waals surface area (Å²) in [4.78, 5) is 27.1. The lowest BCUT2D eigenvalue weighted by Crippen LogP contribution is -2.41. The van der Waals surface area contributed by atoms with Crippen molar-refractivity contribution >= 4 is 23.3 Å². The highest BCUT2D eigenvalue weighted by Crippen LogP contribution is 2.22. The molecule has 4 rings (SSSR count). The molecular formula is C24H25ClN4O3. The van der Waals surface area contributed by atoms with Gasteiger partial charge in [0.2, 0.25) is 5.91 Å². The average Bonchev–Trinajstić information content (AvgIpc) is 2.84. The van der Waals surface area contributed by atoms with Crippen molar-refractivity contribution in [1.29, 1.82) is 0 Å². The van der Waals surface area contributed by atoms with Gasteiger partial charge in [-0.2, -0.15) is 4.68 Å². The number of amides is 1. The summed E-state index contributed by atoms with van der Waals surface area (Å²) < 4.78 is 6.56. The molecule has 2 aromatic carbocycles. The minimum atomic E-state index is -0.201. The van der Waals surface area contributed by atoms with Gasteiger partial charge in [0.25, 0.3) is 5.56 Å². The van der Waals surface area contributed by atoms with Crippen LogP contribution in [0.3, 0.4) is 0 Å². The number of halogens is 1. The third kappa shape index (κ3) is 4.94. The van der Waals surface area contributed by atoms with Crippen LogP contribution in [-0.4, -0.2) is 35.9 Å². The zero-order valence-corrected chi connectivity index (χ0v) is 18.6. The molecule has 1 aliphatic heterocycles. The van der Waals surface area contributed by atoms with Crippen LogP contribution in [0.5, 0.6) is 5.75 Å². The molecule has 2 heterocycles. The summed E-state index contributed by atoms with van der Waals surface area (Å²) in [6, 6.07) is 18.0. The van der Waals surface area contributed by atoms with E-state index in [0.29, 0.717) is 36.1 Å². The highest BCUT2D eigenvalue weighted by atomic mass is 35.5. The van der Waals surface area contributed by atoms with E-state index in [1.165, 1.54) is 10.7 Å². The lowest BCUT2D eigenvalue weighted by Gasteiger charge is -2.32. The number of carbonyl (C=O) groups excluding carboxylic acids is 1. The van der Waals surface area contributed by atoms with Crippen LogP contribution in [-0.2, 0) is 11.3 Å². The van der Waals surface area contributed by atoms with Gasteiger partial charge < -0.3 is 15.0 Å². The smallest absolute Gasteiger partial charge is 0.271 e. The van der Waals surface area contributed by atoms with E-state index < -0.39 is 0 Å². The van der Waals surface area contributed by atoms with E-state index in [0.717, 1.165) is 24.2 Å². The number of anilines is 1. The number of piperidine rings is 1. The summed E-state index contributed by atoms with van der Waals surface area (Å²) in [5, 5.41) is 8.20. The SMILES string of the molecule is COc1ccc(-n2nc(N3CCC(C(=O)NCc4ccccc4Cl)CC3)ccc2=O)cc1. The van der Waals surface area contributed by atoms with Crippen molar-refractivity contribution in [3.05, 3.63) is 81.6 Å². The number of hydrogen-bond donors (Lipinski definition) is 1. The number of nitrogens with one attached hydrogen (secondary N) is 1. The summed E-state index contributed by atoms with van der Waals surface area (Å²) in [5.74, 6) is 1.42. The molecule has 8 heteroatoms. The van der Waals surface area contributed by atoms with Gasteiger partial charge in [0.05, 0.1) is 12.8 Å². The number of aromatic nitrogens is 2. The summed E-state index contributed by atoms with van der Waals surface area (Å²) >= 11 is 6.17. The molecule has 32 heavy (non-hydrogen) atoms. The van der Waals surface area contributed by atoms with E-state index in [9.17, 15) is 9.59 Å². The summed E-state index contributed by atoms with van der Waals surface area (Å²) in [6.45, 7) is 1.81. The number of hydrogen-bond acceptors (Lipinski definition) is 5. The second kappa shape index (κ2) is 9.87. The third-order valence-corrected chi connectivity index (χ3v) is 6.07. The van der Waals surface area contributed by atoms with Crippen LogP contribution in [0.2, 0.25) is 5.02 Å². The standard InChI is InChI=1S/C24H25ClN4O3/c1-32-20-8-6-19(7-9-20)29-23(30)11-10-22(27-29)28-14-12-17(13-15-28)24(31)26-16-18-4-2-3-5-21(18)25/h2-11,17H,12-16H2,1H3,(H,26,31). The van der Waals surface area contributed by atoms with E-state index in [2.05, 4.69) is 15.3 Å². The first-order valence-corrected chi connectivity index (χ1v) is 10.9. The Kier molecular flexibility index (Phi) is 6.75. The predicted octanol–water partition coefficient (Wildman–Crippen LogP) is 3.43. The molecule has 0 unspecified atom stereocenters. The molecule has 1 saturated heterocycles. The minimum Gasteiger partial charge on any atom is -0.497 e. The number of benzene rings is 2. The molecular weight excluding hydrogens is 428 g/mol. The molecule has 1 aromatic heterocycles. The van der Waals surface area contributed by atoms with E-state index in [1.54, 1.807) is 37.4 Å². The first-order valence-electron chi connectivity index (χ1n) is 10.6. The molecule has 0 spiro atoms. The fourth-order valence-corrected chi connectivity index (χ4v) is 4.02. The lowest BCUT2D eigenvalue weighted by molar-refractivity contribution is -0.125. The largest absolute Gasteiger partial charge is 0.497 e. The first-order chi connectivity index (χ1) is 15.5. The Hall–Kier alpha value is -3.32. The Morgan fingerprint density at radius 2 is 1.81 bits per heavy atom. The quantitative estimate of drug-likeness (QED) is 0.620. The van der Waals surface area contributed by atoms with Crippen LogP contribution >= 0.6 is 11.6 Å². The molecule has 1 amide bonds. The Morgan fingerprint density at radius 1 is 1.09 bits per heavy atom. The minimum absolute atomic E-state index is 0.0423. The van der Waals surface area contributed by atoms with Gasteiger partial charge in [-0.3, -0.25) is 9.59 Å². The summed E-state index contributed by atoms with van der Waals surface area (Å²) in [5.41, 5.74) is 1.38. The summed E-state index contributed by atoms with van der Waals surface area (Å²) in [6.07, 6.45) is 1.44. The van der Waals surface area contributed by atoms with Gasteiger partial charge in [-0.05, 0) is 54.8 Å². The Bertz CT molecular complexity index is 1140. The van der Waals surface area contributed by atoms with Gasteiger partial charge in [0.1, 0.15) is 11.6 Å². The third-order valence-electron chi connectivity index (χ3n) is 5.70. The van der Waals surface area contributed by atoms with Crippen molar-refractivity contribution in [1.82, 2.24) is 15.1 Å². The number of ether oxygens (including phenoxy) is 1. The number of nitrogens with zero attached hydrogens (tertiary/aromatic N) is 3. The topological polar surface area (TPSA) is 76.5 Å². The second-order valence-corrected chi connectivity index (χ2v) is 8.12. The van der Waals surface area contributed by atoms with Crippen molar-refractivity contribution in [2.45, 2.75) is 19.4 Å². The van der Waals surface area contributed by atoms with Crippen LogP contribution in [0.4, 0.5) is 5.82 Å². The Morgan fingerprint density at radius 3 is 2.50 bits per heavy atom. The van der Waals surface area contributed by atoms with Gasteiger partial charge in [0.15, 0.2) is 0 Å². The average molecular weight is 453 g/mol. The van der Waals surface area contributed by atoms with Crippen molar-refractivity contribution in [3.63, 3.8) is 0 Å². The monoisotopic (exact) mass is 452 g/mol. The fraction of sp³-hybridized carbons (Fsp3) is 0.292. The van der Waals surface area contributed by atoms with Crippen LogP contribution in [0.25, 0.3) is 5.69 Å². The molecule has 3 aromatic rings. The second-order valence-electron chi connectivity index (χ2n) is 7.71. The molecule has 0 saturated carbocycles. The zero-order valence-electron chi connectivity index (χ0n) is 17.8. The molecule has 0 aliphatic carbocycles. The Labute approximate surface area is 191 Å². The highest BCUT2D eigenvalue weighted by molar-refractivity contribution is 6.31. The van der Waals surface area contributed by atoms with Crippen molar-refractivity contribution in [2.75, 3.05) is 25.1 Å². The molecule has 0 radical (unpaired) electrons. The maximum atomic E-state index is 12.6. The van der Waals surface area contributed by atoms with Crippen molar-refractivity contribution in [2.24, 2.45) is 5.92 Å². The van der Waals surface area contributed by atoms with Gasteiger partial charge in [-0.15, -0.1) is 5.10 Å². The Balaban J connectivity index is 1.38. The van der Waals surface area contributed by atoms with Crippen molar-refractivity contribution in [3.8, 4) is 11.4 Å². The molecule has 0 atom stereocenters. The number of rotatable bonds is 6. The van der Waals surface area contributed by atoms with E-state index >= 15 is 0 Å². The maximum absolute atomic E-state index is 12.6. The lowest BCUT2D eigenvalue weighted by atomic mass is 9.96. The van der Waals surface area contributed by atoms with Crippen LogP contribution in [0, 0.1) is 5.92 Å². The van der Waals surface area contributed by atoms with Crippen molar-refractivity contribution < 1.29 is 9.53 Å². The normalized spacial score (nSPS) is 14.2. The molecule has 1 aliphatic rings. The fourth-order valence-electron chi connectivity index (χ4n) is 3.82. The maximum Gasteiger partial charge on any atom is 0.271 e. The van der Waals surface area contributed by atoms with Crippen LogP contribution < -0.4 is 20.5 Å². The van der Waals surface area contributed by atoms with Gasteiger partial charge in [-0.25, -0.2) is 0 Å². The first kappa shape index (κ1) is 21.9. The number of methoxy groups -OCH3 is 1. The highest BCUT2D eigenvalue weighted by Gasteiger charge is 2.26. The molecule has 7 nitrogen and oxygen atoms in total. The van der Waals surface area contributed by atoms with Crippen LogP contribution in [0.15, 0.2) is 65.5 Å². The number of carbonyl (C=O) groups is 1. The van der Waals surface area contributed by atoms with E-state index in [4.69, 9.17) is 16.3 Å². The van der Waals surface area contributed by atoms with Crippen LogP contribution in [0.1, 0.15) is 18.4 Å². The van der Waals surface area contributed by atoms with Gasteiger partial charge >= 0.3 is 0 Å². The van der Waals surface area contributed by atoms with E-state index in [1.807, 2.05) is 24.3 Å². The molecule has 1 fully saturated rings. The molecule has 1 N–H and O–H groups in total.